The molecule has 0 aliphatic heterocycles. The van der Waals surface area contributed by atoms with Crippen molar-refractivity contribution in [1.29, 1.82) is 0 Å². The van der Waals surface area contributed by atoms with Crippen LogP contribution < -0.4 is 13.9 Å². The lowest BCUT2D eigenvalue weighted by Gasteiger charge is -2.50. The van der Waals surface area contributed by atoms with Crippen molar-refractivity contribution < 1.29 is 28.2 Å². The third-order valence-electron chi connectivity index (χ3n) is 9.42. The molecule has 3 aromatic rings. The van der Waals surface area contributed by atoms with Crippen molar-refractivity contribution >= 4 is 11.9 Å². The molecular formula is C32H36N2O4+2. The van der Waals surface area contributed by atoms with Gasteiger partial charge in [0, 0.05) is 17.5 Å². The first-order chi connectivity index (χ1) is 18.3. The average molecular weight is 513 g/mol. The van der Waals surface area contributed by atoms with Crippen molar-refractivity contribution in [2.24, 2.45) is 31.3 Å². The van der Waals surface area contributed by atoms with E-state index in [2.05, 4.69) is 19.1 Å². The number of aryl methyl sites for hydroxylation is 3. The summed E-state index contributed by atoms with van der Waals surface area (Å²) in [4.78, 5) is 25.6. The van der Waals surface area contributed by atoms with Crippen molar-refractivity contribution in [3.8, 4) is 5.75 Å². The van der Waals surface area contributed by atoms with Gasteiger partial charge in [0.1, 0.15) is 37.1 Å². The SMILES string of the molecule is C[n+]1cccc(C(=O)Oc2ccc3c(c2)CCC2C3CC[C@@]3(C)C2CC[C@@H]3OC(=O)c2ccc[n+](C)c2)c1. The van der Waals surface area contributed by atoms with Crippen molar-refractivity contribution in [3.05, 3.63) is 89.5 Å². The molecule has 6 rings (SSSR count). The zero-order valence-electron chi connectivity index (χ0n) is 22.4. The van der Waals surface area contributed by atoms with Gasteiger partial charge < -0.3 is 9.47 Å². The molecule has 1 aromatic carbocycles. The summed E-state index contributed by atoms with van der Waals surface area (Å²) in [6.07, 6.45) is 13.7. The fourth-order valence-electron chi connectivity index (χ4n) is 7.55. The molecule has 2 heterocycles. The molecule has 0 radical (unpaired) electrons. The summed E-state index contributed by atoms with van der Waals surface area (Å²) < 4.78 is 15.6. The Labute approximate surface area is 224 Å². The number of nitrogens with zero attached hydrogens (tertiary/aromatic N) is 2. The van der Waals surface area contributed by atoms with Crippen molar-refractivity contribution in [3.63, 3.8) is 0 Å². The maximum Gasteiger partial charge on any atom is 0.349 e. The minimum atomic E-state index is -0.334. The molecule has 0 spiro atoms. The highest BCUT2D eigenvalue weighted by molar-refractivity contribution is 5.90. The lowest BCUT2D eigenvalue weighted by atomic mass is 9.55. The molecule has 3 aliphatic carbocycles. The van der Waals surface area contributed by atoms with E-state index in [-0.39, 0.29) is 23.5 Å². The van der Waals surface area contributed by atoms with Gasteiger partial charge >= 0.3 is 11.9 Å². The van der Waals surface area contributed by atoms with E-state index in [9.17, 15) is 9.59 Å². The molecule has 0 bridgehead atoms. The molecular weight excluding hydrogens is 476 g/mol. The van der Waals surface area contributed by atoms with E-state index in [4.69, 9.17) is 9.47 Å². The molecule has 5 atom stereocenters. The number of fused-ring (bicyclic) bond motifs is 5. The maximum absolute atomic E-state index is 13.0. The summed E-state index contributed by atoms with van der Waals surface area (Å²) in [5.41, 5.74) is 3.88. The van der Waals surface area contributed by atoms with Gasteiger partial charge in [0.05, 0.1) is 0 Å². The van der Waals surface area contributed by atoms with Gasteiger partial charge in [0.15, 0.2) is 24.8 Å². The first-order valence-electron chi connectivity index (χ1n) is 13.8. The molecule has 196 valence electrons. The van der Waals surface area contributed by atoms with Crippen LogP contribution in [0.4, 0.5) is 0 Å². The first-order valence-corrected chi connectivity index (χ1v) is 13.8. The zero-order chi connectivity index (χ0) is 26.4. The number of hydrogen-bond donors (Lipinski definition) is 0. The molecule has 3 unspecified atom stereocenters. The summed E-state index contributed by atoms with van der Waals surface area (Å²) in [7, 11) is 3.81. The van der Waals surface area contributed by atoms with E-state index < -0.39 is 0 Å². The maximum atomic E-state index is 13.0. The zero-order valence-corrected chi connectivity index (χ0v) is 22.4. The van der Waals surface area contributed by atoms with E-state index in [0.717, 1.165) is 38.5 Å². The van der Waals surface area contributed by atoms with Gasteiger partial charge in [-0.1, -0.05) is 13.0 Å². The van der Waals surface area contributed by atoms with Crippen LogP contribution in [0.15, 0.2) is 67.3 Å². The smallest absolute Gasteiger partial charge is 0.349 e. The van der Waals surface area contributed by atoms with E-state index >= 15 is 0 Å². The van der Waals surface area contributed by atoms with Crippen LogP contribution in [0, 0.1) is 17.3 Å². The Morgan fingerprint density at radius 2 is 1.61 bits per heavy atom. The van der Waals surface area contributed by atoms with Crippen molar-refractivity contribution in [1.82, 2.24) is 0 Å². The fourth-order valence-corrected chi connectivity index (χ4v) is 7.55. The second-order valence-electron chi connectivity index (χ2n) is 11.7. The molecule has 0 saturated heterocycles. The summed E-state index contributed by atoms with van der Waals surface area (Å²) >= 11 is 0. The standard InChI is InChI=1S/C32H36N2O4/c1-32-15-14-26-25-11-9-24(37-30(35)22-6-4-16-33(2)19-22)18-21(25)8-10-27(26)28(32)12-13-29(32)38-31(36)23-7-5-17-34(3)20-23/h4-7,9,11,16-20,26-29H,8,10,12-15H2,1-3H3/q+2/t26?,27?,28?,29-,32-/m0/s1. The van der Waals surface area contributed by atoms with Crippen molar-refractivity contribution in [2.75, 3.05) is 0 Å². The van der Waals surface area contributed by atoms with Crippen LogP contribution in [0.5, 0.6) is 5.75 Å². The van der Waals surface area contributed by atoms with E-state index in [1.165, 1.54) is 11.1 Å². The highest BCUT2D eigenvalue weighted by Crippen LogP contribution is 2.61. The van der Waals surface area contributed by atoms with Gasteiger partial charge in [-0.3, -0.25) is 0 Å². The lowest BCUT2D eigenvalue weighted by molar-refractivity contribution is -0.671. The van der Waals surface area contributed by atoms with E-state index in [1.54, 1.807) is 12.3 Å². The Morgan fingerprint density at radius 3 is 2.32 bits per heavy atom. The summed E-state index contributed by atoms with van der Waals surface area (Å²) in [5.74, 6) is 1.72. The minimum absolute atomic E-state index is 0.0204. The van der Waals surface area contributed by atoms with Gasteiger partial charge in [-0.05, 0) is 91.7 Å². The fraction of sp³-hybridized carbons (Fsp3) is 0.438. The largest absolute Gasteiger partial charge is 0.458 e. The highest BCUT2D eigenvalue weighted by atomic mass is 16.5. The van der Waals surface area contributed by atoms with Gasteiger partial charge in [0.2, 0.25) is 0 Å². The highest BCUT2D eigenvalue weighted by Gasteiger charge is 2.56. The predicted octanol–water partition coefficient (Wildman–Crippen LogP) is 4.64. The van der Waals surface area contributed by atoms with Gasteiger partial charge in [0.25, 0.3) is 0 Å². The Hall–Kier alpha value is -3.54. The monoisotopic (exact) mass is 512 g/mol. The normalized spacial score (nSPS) is 27.6. The second-order valence-corrected chi connectivity index (χ2v) is 11.7. The number of ether oxygens (including phenoxy) is 2. The van der Waals surface area contributed by atoms with Crippen LogP contribution in [0.3, 0.4) is 0 Å². The quantitative estimate of drug-likeness (QED) is 0.290. The molecule has 2 fully saturated rings. The number of carbonyl (C=O) groups is 2. The third kappa shape index (κ3) is 4.40. The number of pyridine rings is 2. The molecule has 3 aliphatic rings. The topological polar surface area (TPSA) is 60.4 Å². The Morgan fingerprint density at radius 1 is 0.895 bits per heavy atom. The number of aromatic nitrogens is 2. The molecule has 2 aromatic heterocycles. The van der Waals surface area contributed by atoms with Gasteiger partial charge in [-0.15, -0.1) is 0 Å². The molecule has 6 nitrogen and oxygen atoms in total. The number of rotatable bonds is 4. The lowest BCUT2D eigenvalue weighted by Crippen LogP contribution is -2.45. The van der Waals surface area contributed by atoms with Crippen LogP contribution in [-0.2, 0) is 25.3 Å². The molecule has 2 saturated carbocycles. The third-order valence-corrected chi connectivity index (χ3v) is 9.42. The number of benzene rings is 1. The molecule has 0 amide bonds. The summed E-state index contributed by atoms with van der Waals surface area (Å²) in [5, 5.41) is 0. The molecule has 38 heavy (non-hydrogen) atoms. The van der Waals surface area contributed by atoms with E-state index in [0.29, 0.717) is 34.6 Å². The molecule has 6 heteroatoms. The molecule has 0 N–H and O–H groups in total. The van der Waals surface area contributed by atoms with Crippen LogP contribution >= 0.6 is 0 Å². The van der Waals surface area contributed by atoms with E-state index in [1.807, 2.05) is 66.1 Å². The number of hydrogen-bond acceptors (Lipinski definition) is 4. The van der Waals surface area contributed by atoms with Crippen LogP contribution in [-0.4, -0.2) is 18.0 Å². The number of esters is 2. The van der Waals surface area contributed by atoms with Crippen LogP contribution in [0.25, 0.3) is 0 Å². The van der Waals surface area contributed by atoms with Gasteiger partial charge in [-0.25, -0.2) is 18.7 Å². The van der Waals surface area contributed by atoms with Gasteiger partial charge in [-0.2, -0.15) is 0 Å². The Kier molecular flexibility index (Phi) is 6.29. The average Bonchev–Trinajstić information content (AvgIpc) is 3.24. The summed E-state index contributed by atoms with van der Waals surface area (Å²) in [6.45, 7) is 2.35. The summed E-state index contributed by atoms with van der Waals surface area (Å²) in [6, 6.07) is 13.5. The van der Waals surface area contributed by atoms with Crippen LogP contribution in [0.2, 0.25) is 0 Å². The first kappa shape index (κ1) is 24.8. The predicted molar refractivity (Wildman–Crippen MR) is 140 cm³/mol. The second kappa shape index (κ2) is 9.64. The Bertz CT molecular complexity index is 1400. The minimum Gasteiger partial charge on any atom is -0.458 e. The Balaban J connectivity index is 1.16. The van der Waals surface area contributed by atoms with Crippen molar-refractivity contribution in [2.45, 2.75) is 57.5 Å². The number of carbonyl (C=O) groups excluding carboxylic acids is 2. The van der Waals surface area contributed by atoms with Crippen LogP contribution in [0.1, 0.15) is 76.8 Å².